The van der Waals surface area contributed by atoms with Gasteiger partial charge in [0.05, 0.1) is 11.6 Å². The van der Waals surface area contributed by atoms with Gasteiger partial charge < -0.3 is 19.5 Å². The van der Waals surface area contributed by atoms with Gasteiger partial charge in [0, 0.05) is 11.6 Å². The molecular formula is C18H19NO6. The Hall–Kier alpha value is -2.83. The SMILES string of the molecule is CC(=O)c1cc2c(cc1NC(=O)COC(=O)C1CC=CCC1)OCO2. The number of carbonyl (C=O) groups is 3. The summed E-state index contributed by atoms with van der Waals surface area (Å²) >= 11 is 0. The first-order valence-corrected chi connectivity index (χ1v) is 8.10. The van der Waals surface area contributed by atoms with E-state index in [-0.39, 0.29) is 24.5 Å². The highest BCUT2D eigenvalue weighted by Crippen LogP contribution is 2.37. The highest BCUT2D eigenvalue weighted by atomic mass is 16.7. The molecule has 7 heteroatoms. The van der Waals surface area contributed by atoms with Crippen molar-refractivity contribution in [2.24, 2.45) is 5.92 Å². The molecule has 0 spiro atoms. The summed E-state index contributed by atoms with van der Waals surface area (Å²) in [6, 6.07) is 3.06. The number of nitrogens with one attached hydrogen (secondary N) is 1. The summed E-state index contributed by atoms with van der Waals surface area (Å²) in [5, 5.41) is 2.59. The minimum atomic E-state index is -0.513. The Morgan fingerprint density at radius 3 is 2.64 bits per heavy atom. The lowest BCUT2D eigenvalue weighted by Gasteiger charge is -2.16. The molecule has 0 saturated carbocycles. The molecule has 1 heterocycles. The molecule has 0 radical (unpaired) electrons. The third-order valence-electron chi connectivity index (χ3n) is 4.11. The van der Waals surface area contributed by atoms with Crippen molar-refractivity contribution in [2.75, 3.05) is 18.7 Å². The molecule has 132 valence electrons. The van der Waals surface area contributed by atoms with Crippen molar-refractivity contribution >= 4 is 23.3 Å². The zero-order valence-electron chi connectivity index (χ0n) is 13.9. The summed E-state index contributed by atoms with van der Waals surface area (Å²) in [5.41, 5.74) is 0.611. The van der Waals surface area contributed by atoms with Gasteiger partial charge in [-0.1, -0.05) is 12.2 Å². The number of Topliss-reactive ketones (excluding diaryl/α,β-unsaturated/α-hetero) is 1. The van der Waals surface area contributed by atoms with Gasteiger partial charge in [0.15, 0.2) is 23.9 Å². The molecule has 3 rings (SSSR count). The topological polar surface area (TPSA) is 90.9 Å². The molecular weight excluding hydrogens is 326 g/mol. The van der Waals surface area contributed by atoms with Gasteiger partial charge in [-0.15, -0.1) is 0 Å². The second-order valence-corrected chi connectivity index (χ2v) is 5.94. The third-order valence-corrected chi connectivity index (χ3v) is 4.11. The van der Waals surface area contributed by atoms with Crippen molar-refractivity contribution in [1.29, 1.82) is 0 Å². The number of amides is 1. The number of allylic oxidation sites excluding steroid dienone is 2. The fourth-order valence-electron chi connectivity index (χ4n) is 2.79. The lowest BCUT2D eigenvalue weighted by atomic mass is 9.95. The van der Waals surface area contributed by atoms with Gasteiger partial charge in [-0.25, -0.2) is 0 Å². The van der Waals surface area contributed by atoms with Gasteiger partial charge in [-0.05, 0) is 32.3 Å². The Morgan fingerprint density at radius 1 is 1.20 bits per heavy atom. The molecule has 0 fully saturated rings. The van der Waals surface area contributed by atoms with Crippen molar-refractivity contribution in [2.45, 2.75) is 26.2 Å². The number of anilines is 1. The fourth-order valence-corrected chi connectivity index (χ4v) is 2.79. The number of benzene rings is 1. The van der Waals surface area contributed by atoms with Gasteiger partial charge in [0.25, 0.3) is 5.91 Å². The Labute approximate surface area is 144 Å². The van der Waals surface area contributed by atoms with E-state index >= 15 is 0 Å². The number of ether oxygens (including phenoxy) is 3. The Bertz CT molecular complexity index is 739. The van der Waals surface area contributed by atoms with Crippen LogP contribution in [0.15, 0.2) is 24.3 Å². The molecule has 1 aliphatic carbocycles. The van der Waals surface area contributed by atoms with Gasteiger partial charge in [0.1, 0.15) is 0 Å². The number of rotatable bonds is 5. The van der Waals surface area contributed by atoms with Crippen LogP contribution in [0.4, 0.5) is 5.69 Å². The van der Waals surface area contributed by atoms with Crippen LogP contribution in [0.1, 0.15) is 36.5 Å². The zero-order chi connectivity index (χ0) is 17.8. The van der Waals surface area contributed by atoms with Gasteiger partial charge >= 0.3 is 5.97 Å². The fraction of sp³-hybridized carbons (Fsp3) is 0.389. The summed E-state index contributed by atoms with van der Waals surface area (Å²) in [4.78, 5) is 35.8. The molecule has 1 aromatic rings. The van der Waals surface area contributed by atoms with Crippen LogP contribution in [0.3, 0.4) is 0 Å². The van der Waals surface area contributed by atoms with E-state index in [1.165, 1.54) is 19.1 Å². The van der Waals surface area contributed by atoms with E-state index in [0.29, 0.717) is 29.2 Å². The lowest BCUT2D eigenvalue weighted by molar-refractivity contribution is -0.151. The molecule has 0 aromatic heterocycles. The predicted octanol–water partition coefficient (Wildman–Crippen LogP) is 2.46. The van der Waals surface area contributed by atoms with Crippen LogP contribution in [0, 0.1) is 5.92 Å². The predicted molar refractivity (Wildman–Crippen MR) is 88.6 cm³/mol. The average molecular weight is 345 g/mol. The zero-order valence-corrected chi connectivity index (χ0v) is 13.9. The van der Waals surface area contributed by atoms with E-state index in [2.05, 4.69) is 5.32 Å². The summed E-state index contributed by atoms with van der Waals surface area (Å²) in [5.74, 6) is -0.403. The molecule has 0 saturated heterocycles. The molecule has 1 aromatic carbocycles. The second-order valence-electron chi connectivity index (χ2n) is 5.94. The van der Waals surface area contributed by atoms with Crippen molar-refractivity contribution in [3.63, 3.8) is 0 Å². The van der Waals surface area contributed by atoms with Crippen LogP contribution in [0.25, 0.3) is 0 Å². The summed E-state index contributed by atoms with van der Waals surface area (Å²) in [7, 11) is 0. The third kappa shape index (κ3) is 3.99. The molecule has 1 N–H and O–H groups in total. The second kappa shape index (κ2) is 7.38. The monoisotopic (exact) mass is 345 g/mol. The Kier molecular flexibility index (Phi) is 5.02. The van der Waals surface area contributed by atoms with E-state index < -0.39 is 12.5 Å². The molecule has 25 heavy (non-hydrogen) atoms. The van der Waals surface area contributed by atoms with Gasteiger partial charge in [-0.2, -0.15) is 0 Å². The molecule has 7 nitrogen and oxygen atoms in total. The quantitative estimate of drug-likeness (QED) is 0.501. The van der Waals surface area contributed by atoms with Crippen LogP contribution in [-0.4, -0.2) is 31.1 Å². The van der Waals surface area contributed by atoms with Crippen LogP contribution < -0.4 is 14.8 Å². The van der Waals surface area contributed by atoms with E-state index in [1.807, 2.05) is 12.2 Å². The molecule has 1 amide bonds. The maximum Gasteiger partial charge on any atom is 0.309 e. The first-order valence-electron chi connectivity index (χ1n) is 8.10. The Balaban J connectivity index is 1.62. The van der Waals surface area contributed by atoms with Crippen molar-refractivity contribution in [3.8, 4) is 11.5 Å². The smallest absolute Gasteiger partial charge is 0.309 e. The number of fused-ring (bicyclic) bond motifs is 1. The molecule has 1 unspecified atom stereocenters. The standard InChI is InChI=1S/C18H19NO6/c1-11(20)13-7-15-16(25-10-24-15)8-14(13)19-17(21)9-23-18(22)12-5-3-2-4-6-12/h2-3,7-8,12H,4-6,9-10H2,1H3,(H,19,21). The summed E-state index contributed by atoms with van der Waals surface area (Å²) < 4.78 is 15.6. The number of carbonyl (C=O) groups excluding carboxylic acids is 3. The minimum Gasteiger partial charge on any atom is -0.455 e. The molecule has 2 aliphatic rings. The number of hydrogen-bond donors (Lipinski definition) is 1. The summed E-state index contributed by atoms with van der Waals surface area (Å²) in [6.07, 6.45) is 6.18. The van der Waals surface area contributed by atoms with Crippen LogP contribution in [-0.2, 0) is 14.3 Å². The highest BCUT2D eigenvalue weighted by Gasteiger charge is 2.23. The first kappa shape index (κ1) is 17.0. The van der Waals surface area contributed by atoms with E-state index in [9.17, 15) is 14.4 Å². The van der Waals surface area contributed by atoms with E-state index in [4.69, 9.17) is 14.2 Å². The van der Waals surface area contributed by atoms with Crippen LogP contribution in [0.2, 0.25) is 0 Å². The van der Waals surface area contributed by atoms with Crippen LogP contribution >= 0.6 is 0 Å². The first-order chi connectivity index (χ1) is 12.0. The minimum absolute atomic E-state index is 0.0670. The number of esters is 1. The maximum atomic E-state index is 12.1. The summed E-state index contributed by atoms with van der Waals surface area (Å²) in [6.45, 7) is 1.06. The van der Waals surface area contributed by atoms with E-state index in [0.717, 1.165) is 12.8 Å². The normalized spacial score (nSPS) is 17.9. The highest BCUT2D eigenvalue weighted by molar-refractivity contribution is 6.05. The van der Waals surface area contributed by atoms with Gasteiger partial charge in [0.2, 0.25) is 6.79 Å². The lowest BCUT2D eigenvalue weighted by Crippen LogP contribution is -2.25. The molecule has 0 bridgehead atoms. The average Bonchev–Trinajstić information content (AvgIpc) is 3.07. The van der Waals surface area contributed by atoms with Crippen molar-refractivity contribution in [3.05, 3.63) is 29.8 Å². The molecule has 1 atom stereocenters. The Morgan fingerprint density at radius 2 is 1.96 bits per heavy atom. The number of hydrogen-bond acceptors (Lipinski definition) is 6. The van der Waals surface area contributed by atoms with Gasteiger partial charge in [-0.3, -0.25) is 14.4 Å². The van der Waals surface area contributed by atoms with Crippen LogP contribution in [0.5, 0.6) is 11.5 Å². The van der Waals surface area contributed by atoms with Crippen molar-refractivity contribution < 1.29 is 28.6 Å². The molecule has 1 aliphatic heterocycles. The number of ketones is 1. The van der Waals surface area contributed by atoms with E-state index in [1.54, 1.807) is 0 Å². The van der Waals surface area contributed by atoms with Crippen molar-refractivity contribution in [1.82, 2.24) is 0 Å². The largest absolute Gasteiger partial charge is 0.455 e. The maximum absolute atomic E-state index is 12.1.